The highest BCUT2D eigenvalue weighted by Crippen LogP contribution is 2.33. The molecule has 0 spiro atoms. The lowest BCUT2D eigenvalue weighted by Gasteiger charge is -2.10. The minimum atomic E-state index is -0.231. The molecule has 0 radical (unpaired) electrons. The summed E-state index contributed by atoms with van der Waals surface area (Å²) in [4.78, 5) is 14.2. The standard InChI is InChI=1S/C29H25ClO3S/c30-28-19-27(16-14-24(28)15-17-29(31)33-21-23-10-5-2-6-11-23)34-26-13-7-12-25(18-26)32-20-22-8-3-1-4-9-22/h1-14,16,18-19H,15,17,20-21H2. The Labute approximate surface area is 209 Å². The van der Waals surface area contributed by atoms with Crippen LogP contribution in [0.4, 0.5) is 0 Å². The van der Waals surface area contributed by atoms with E-state index in [1.807, 2.05) is 103 Å². The van der Waals surface area contributed by atoms with Crippen LogP contribution in [0.1, 0.15) is 23.1 Å². The molecule has 0 heterocycles. The van der Waals surface area contributed by atoms with Crippen molar-refractivity contribution in [1.29, 1.82) is 0 Å². The summed E-state index contributed by atoms with van der Waals surface area (Å²) in [5, 5.41) is 0.650. The first kappa shape index (κ1) is 23.9. The van der Waals surface area contributed by atoms with Crippen molar-refractivity contribution >= 4 is 29.3 Å². The van der Waals surface area contributed by atoms with Crippen LogP contribution in [0.25, 0.3) is 0 Å². The van der Waals surface area contributed by atoms with Crippen molar-refractivity contribution in [1.82, 2.24) is 0 Å². The molecule has 172 valence electrons. The smallest absolute Gasteiger partial charge is 0.306 e. The number of esters is 1. The van der Waals surface area contributed by atoms with Crippen molar-refractivity contribution in [2.75, 3.05) is 0 Å². The van der Waals surface area contributed by atoms with Gasteiger partial charge in [-0.05, 0) is 53.4 Å². The zero-order valence-corrected chi connectivity index (χ0v) is 20.2. The Morgan fingerprint density at radius 1 is 0.735 bits per heavy atom. The van der Waals surface area contributed by atoms with Gasteiger partial charge in [-0.1, -0.05) is 96.2 Å². The van der Waals surface area contributed by atoms with Gasteiger partial charge >= 0.3 is 5.97 Å². The highest BCUT2D eigenvalue weighted by atomic mass is 35.5. The van der Waals surface area contributed by atoms with Crippen molar-refractivity contribution in [3.63, 3.8) is 0 Å². The number of rotatable bonds is 10. The summed E-state index contributed by atoms with van der Waals surface area (Å²) in [5.74, 6) is 0.594. The summed E-state index contributed by atoms with van der Waals surface area (Å²) in [6, 6.07) is 33.7. The third-order valence-electron chi connectivity index (χ3n) is 5.16. The maximum Gasteiger partial charge on any atom is 0.306 e. The molecule has 34 heavy (non-hydrogen) atoms. The van der Waals surface area contributed by atoms with Gasteiger partial charge in [0.2, 0.25) is 0 Å². The lowest BCUT2D eigenvalue weighted by Crippen LogP contribution is -2.06. The molecule has 0 fully saturated rings. The van der Waals surface area contributed by atoms with Crippen LogP contribution in [0.3, 0.4) is 0 Å². The van der Waals surface area contributed by atoms with Gasteiger partial charge in [-0.3, -0.25) is 4.79 Å². The molecule has 3 nitrogen and oxygen atoms in total. The van der Waals surface area contributed by atoms with Gasteiger partial charge in [0, 0.05) is 21.2 Å². The Morgan fingerprint density at radius 3 is 2.12 bits per heavy atom. The van der Waals surface area contributed by atoms with E-state index in [1.54, 1.807) is 11.8 Å². The fraction of sp³-hybridized carbons (Fsp3) is 0.138. The van der Waals surface area contributed by atoms with Gasteiger partial charge in [0.1, 0.15) is 19.0 Å². The molecule has 0 aliphatic rings. The second-order valence-electron chi connectivity index (χ2n) is 7.75. The maximum absolute atomic E-state index is 12.1. The third-order valence-corrected chi connectivity index (χ3v) is 6.49. The van der Waals surface area contributed by atoms with Gasteiger partial charge in [0.05, 0.1) is 0 Å². The first-order valence-electron chi connectivity index (χ1n) is 11.1. The number of ether oxygens (including phenoxy) is 2. The summed E-state index contributed by atoms with van der Waals surface area (Å²) in [5.41, 5.74) is 3.04. The van der Waals surface area contributed by atoms with Crippen LogP contribution in [0, 0.1) is 0 Å². The minimum absolute atomic E-state index is 0.231. The van der Waals surface area contributed by atoms with Crippen LogP contribution in [0.15, 0.2) is 113 Å². The number of benzene rings is 4. The Bertz CT molecular complexity index is 1210. The molecule has 0 saturated heterocycles. The van der Waals surface area contributed by atoms with E-state index >= 15 is 0 Å². The van der Waals surface area contributed by atoms with Crippen molar-refractivity contribution in [3.05, 3.63) is 125 Å². The molecule has 0 aliphatic carbocycles. The minimum Gasteiger partial charge on any atom is -0.489 e. The van der Waals surface area contributed by atoms with E-state index < -0.39 is 0 Å². The Balaban J connectivity index is 1.28. The molecule has 4 aromatic rings. The monoisotopic (exact) mass is 488 g/mol. The van der Waals surface area contributed by atoms with Crippen molar-refractivity contribution in [2.45, 2.75) is 35.8 Å². The van der Waals surface area contributed by atoms with Gasteiger partial charge in [0.15, 0.2) is 0 Å². The first-order valence-corrected chi connectivity index (χ1v) is 12.3. The van der Waals surface area contributed by atoms with Crippen LogP contribution in [-0.4, -0.2) is 5.97 Å². The van der Waals surface area contributed by atoms with Gasteiger partial charge < -0.3 is 9.47 Å². The average Bonchev–Trinajstić information content (AvgIpc) is 2.87. The Morgan fingerprint density at radius 2 is 1.41 bits per heavy atom. The predicted molar refractivity (Wildman–Crippen MR) is 137 cm³/mol. The Hall–Kier alpha value is -3.21. The molecule has 0 aromatic heterocycles. The second kappa shape index (κ2) is 12.3. The Kier molecular flexibility index (Phi) is 8.66. The number of carbonyl (C=O) groups is 1. The predicted octanol–water partition coefficient (Wildman–Crippen LogP) is 7.75. The maximum atomic E-state index is 12.1. The molecule has 4 aromatic carbocycles. The highest BCUT2D eigenvalue weighted by molar-refractivity contribution is 7.99. The van der Waals surface area contributed by atoms with Crippen LogP contribution in [-0.2, 0) is 29.2 Å². The molecule has 0 saturated carbocycles. The molecular weight excluding hydrogens is 464 g/mol. The van der Waals surface area contributed by atoms with Gasteiger partial charge in [-0.2, -0.15) is 0 Å². The van der Waals surface area contributed by atoms with Crippen LogP contribution in [0.5, 0.6) is 5.75 Å². The van der Waals surface area contributed by atoms with Crippen LogP contribution < -0.4 is 4.74 Å². The molecule has 0 bridgehead atoms. The largest absolute Gasteiger partial charge is 0.489 e. The molecular formula is C29H25ClO3S. The fourth-order valence-corrected chi connectivity index (χ4v) is 4.59. The summed E-state index contributed by atoms with van der Waals surface area (Å²) >= 11 is 8.13. The van der Waals surface area contributed by atoms with E-state index in [1.165, 1.54) is 0 Å². The molecule has 0 amide bonds. The number of aryl methyl sites for hydroxylation is 1. The zero-order chi connectivity index (χ0) is 23.6. The highest BCUT2D eigenvalue weighted by Gasteiger charge is 2.09. The fourth-order valence-electron chi connectivity index (χ4n) is 3.35. The summed E-state index contributed by atoms with van der Waals surface area (Å²) in [7, 11) is 0. The number of carbonyl (C=O) groups excluding carboxylic acids is 1. The van der Waals surface area contributed by atoms with E-state index in [0.29, 0.717) is 24.5 Å². The van der Waals surface area contributed by atoms with E-state index in [2.05, 4.69) is 0 Å². The topological polar surface area (TPSA) is 35.5 Å². The molecule has 5 heteroatoms. The van der Waals surface area contributed by atoms with Crippen molar-refractivity contribution in [2.24, 2.45) is 0 Å². The van der Waals surface area contributed by atoms with Crippen LogP contribution in [0.2, 0.25) is 5.02 Å². The average molecular weight is 489 g/mol. The number of hydrogen-bond donors (Lipinski definition) is 0. The van der Waals surface area contributed by atoms with Crippen LogP contribution >= 0.6 is 23.4 Å². The van der Waals surface area contributed by atoms with Crippen molar-refractivity contribution in [3.8, 4) is 5.75 Å². The summed E-state index contributed by atoms with van der Waals surface area (Å²) < 4.78 is 11.3. The molecule has 0 N–H and O–H groups in total. The van der Waals surface area contributed by atoms with Gasteiger partial charge in [-0.15, -0.1) is 0 Å². The lowest BCUT2D eigenvalue weighted by molar-refractivity contribution is -0.144. The number of halogens is 1. The molecule has 4 rings (SSSR count). The normalized spacial score (nSPS) is 10.6. The third kappa shape index (κ3) is 7.41. The van der Waals surface area contributed by atoms with Gasteiger partial charge in [0.25, 0.3) is 0 Å². The quantitative estimate of drug-likeness (QED) is 0.214. The summed E-state index contributed by atoms with van der Waals surface area (Å²) in [6.07, 6.45) is 0.833. The van der Waals surface area contributed by atoms with E-state index in [9.17, 15) is 4.79 Å². The second-order valence-corrected chi connectivity index (χ2v) is 9.30. The zero-order valence-electron chi connectivity index (χ0n) is 18.7. The van der Waals surface area contributed by atoms with E-state index in [4.69, 9.17) is 21.1 Å². The van der Waals surface area contributed by atoms with Crippen molar-refractivity contribution < 1.29 is 14.3 Å². The van der Waals surface area contributed by atoms with Gasteiger partial charge in [-0.25, -0.2) is 0 Å². The molecule has 0 unspecified atom stereocenters. The van der Waals surface area contributed by atoms with E-state index in [-0.39, 0.29) is 12.6 Å². The first-order chi connectivity index (χ1) is 16.7. The van der Waals surface area contributed by atoms with E-state index in [0.717, 1.165) is 32.2 Å². The molecule has 0 atom stereocenters. The number of hydrogen-bond acceptors (Lipinski definition) is 4. The SMILES string of the molecule is O=C(CCc1ccc(Sc2cccc(OCc3ccccc3)c2)cc1Cl)OCc1ccccc1. The lowest BCUT2D eigenvalue weighted by atomic mass is 10.1. The summed E-state index contributed by atoms with van der Waals surface area (Å²) in [6.45, 7) is 0.820. The molecule has 0 aliphatic heterocycles.